The van der Waals surface area contributed by atoms with Gasteiger partial charge in [-0.25, -0.2) is 0 Å². The van der Waals surface area contributed by atoms with Gasteiger partial charge in [-0.3, -0.25) is 4.79 Å². The Hall–Kier alpha value is -0.220. The second-order valence-corrected chi connectivity index (χ2v) is 6.39. The molecular formula is C12H21NO2S. The Morgan fingerprint density at radius 3 is 2.69 bits per heavy atom. The van der Waals surface area contributed by atoms with E-state index in [4.69, 9.17) is 4.74 Å². The van der Waals surface area contributed by atoms with Gasteiger partial charge in [0.25, 0.3) is 0 Å². The number of ether oxygens (including phenoxy) is 1. The van der Waals surface area contributed by atoms with Crippen molar-refractivity contribution in [2.24, 2.45) is 0 Å². The fraction of sp³-hybridized carbons (Fsp3) is 0.917. The largest absolute Gasteiger partial charge is 0.377 e. The van der Waals surface area contributed by atoms with Crippen LogP contribution in [0, 0.1) is 0 Å². The van der Waals surface area contributed by atoms with Crippen molar-refractivity contribution in [3.05, 3.63) is 0 Å². The van der Waals surface area contributed by atoms with Crippen molar-refractivity contribution >= 4 is 17.7 Å². The number of likely N-dealkylation sites (tertiary alicyclic amines) is 1. The number of nitrogens with zero attached hydrogens (tertiary/aromatic N) is 1. The minimum atomic E-state index is 0.177. The summed E-state index contributed by atoms with van der Waals surface area (Å²) in [5.41, 5.74) is 0. The van der Waals surface area contributed by atoms with Crippen LogP contribution in [-0.4, -0.2) is 46.6 Å². The number of carbonyl (C=O) groups excluding carboxylic acids is 1. The van der Waals surface area contributed by atoms with Crippen molar-refractivity contribution in [2.45, 2.75) is 56.3 Å². The first-order chi connectivity index (χ1) is 7.59. The van der Waals surface area contributed by atoms with E-state index in [1.165, 1.54) is 0 Å². The summed E-state index contributed by atoms with van der Waals surface area (Å²) in [5.74, 6) is 0.333. The standard InChI is InChI=1S/C12H21NO2S/c1-8(2)13-6-4-11(12(13)14)16-10-5-7-15-9(10)3/h8-11H,4-7H2,1-3H3/t9-,10-,11-/m1/s1. The molecule has 92 valence electrons. The Balaban J connectivity index is 1.89. The van der Waals surface area contributed by atoms with Crippen LogP contribution in [0.3, 0.4) is 0 Å². The summed E-state index contributed by atoms with van der Waals surface area (Å²) in [6.07, 6.45) is 2.41. The first-order valence-electron chi connectivity index (χ1n) is 6.17. The molecule has 0 N–H and O–H groups in total. The molecule has 2 heterocycles. The monoisotopic (exact) mass is 243 g/mol. The molecule has 0 aromatic carbocycles. The SMILES string of the molecule is CC(C)N1CC[C@@H](S[C@@H]2CCO[C@@H]2C)C1=O. The third-order valence-electron chi connectivity index (χ3n) is 3.46. The van der Waals surface area contributed by atoms with Crippen molar-refractivity contribution in [2.75, 3.05) is 13.2 Å². The molecule has 0 unspecified atom stereocenters. The van der Waals surface area contributed by atoms with E-state index in [9.17, 15) is 4.79 Å². The third kappa shape index (κ3) is 2.38. The molecule has 0 saturated carbocycles. The lowest BCUT2D eigenvalue weighted by molar-refractivity contribution is -0.128. The molecule has 2 saturated heterocycles. The highest BCUT2D eigenvalue weighted by atomic mass is 32.2. The second-order valence-electron chi connectivity index (χ2n) is 4.94. The zero-order chi connectivity index (χ0) is 11.7. The van der Waals surface area contributed by atoms with Gasteiger partial charge in [-0.2, -0.15) is 0 Å². The van der Waals surface area contributed by atoms with Gasteiger partial charge in [0.15, 0.2) is 0 Å². The molecule has 4 heteroatoms. The minimum Gasteiger partial charge on any atom is -0.377 e. The van der Waals surface area contributed by atoms with Crippen LogP contribution in [-0.2, 0) is 9.53 Å². The van der Waals surface area contributed by atoms with Gasteiger partial charge in [0, 0.05) is 24.4 Å². The van der Waals surface area contributed by atoms with Crippen LogP contribution in [0.1, 0.15) is 33.6 Å². The van der Waals surface area contributed by atoms with E-state index in [2.05, 4.69) is 20.8 Å². The van der Waals surface area contributed by atoms with Gasteiger partial charge in [-0.15, -0.1) is 11.8 Å². The average Bonchev–Trinajstić information content (AvgIpc) is 2.76. The van der Waals surface area contributed by atoms with Crippen LogP contribution < -0.4 is 0 Å². The molecule has 0 bridgehead atoms. The van der Waals surface area contributed by atoms with Crippen LogP contribution in [0.25, 0.3) is 0 Å². The van der Waals surface area contributed by atoms with E-state index in [0.717, 1.165) is 26.0 Å². The summed E-state index contributed by atoms with van der Waals surface area (Å²) in [6, 6.07) is 0.343. The fourth-order valence-electron chi connectivity index (χ4n) is 2.42. The lowest BCUT2D eigenvalue weighted by Crippen LogP contribution is -2.35. The highest BCUT2D eigenvalue weighted by molar-refractivity contribution is 8.01. The Labute approximate surface area is 102 Å². The summed E-state index contributed by atoms with van der Waals surface area (Å²) in [5, 5.41) is 0.692. The molecule has 3 atom stereocenters. The molecule has 0 aromatic rings. The Morgan fingerprint density at radius 1 is 1.44 bits per heavy atom. The maximum Gasteiger partial charge on any atom is 0.235 e. The summed E-state index contributed by atoms with van der Waals surface area (Å²) in [7, 11) is 0. The lowest BCUT2D eigenvalue weighted by atomic mass is 10.3. The third-order valence-corrected chi connectivity index (χ3v) is 5.19. The normalized spacial score (nSPS) is 35.4. The summed E-state index contributed by atoms with van der Waals surface area (Å²) in [4.78, 5) is 14.1. The van der Waals surface area contributed by atoms with Crippen LogP contribution >= 0.6 is 11.8 Å². The fourth-order valence-corrected chi connectivity index (χ4v) is 3.86. The minimum absolute atomic E-state index is 0.177. The van der Waals surface area contributed by atoms with Gasteiger partial charge in [0.05, 0.1) is 11.4 Å². The van der Waals surface area contributed by atoms with E-state index in [1.54, 1.807) is 0 Å². The number of thioether (sulfide) groups is 1. The van der Waals surface area contributed by atoms with E-state index in [1.807, 2.05) is 16.7 Å². The molecule has 16 heavy (non-hydrogen) atoms. The van der Waals surface area contributed by atoms with Gasteiger partial charge < -0.3 is 9.64 Å². The molecule has 0 aromatic heterocycles. The highest BCUT2D eigenvalue weighted by Gasteiger charge is 2.37. The Morgan fingerprint density at radius 2 is 2.19 bits per heavy atom. The van der Waals surface area contributed by atoms with Crippen molar-refractivity contribution in [1.29, 1.82) is 0 Å². The molecule has 0 aliphatic carbocycles. The quantitative estimate of drug-likeness (QED) is 0.758. The topological polar surface area (TPSA) is 29.5 Å². The summed E-state index contributed by atoms with van der Waals surface area (Å²) < 4.78 is 5.54. The average molecular weight is 243 g/mol. The van der Waals surface area contributed by atoms with Gasteiger partial charge in [-0.05, 0) is 33.6 Å². The van der Waals surface area contributed by atoms with Gasteiger partial charge in [0.2, 0.25) is 5.91 Å². The number of hydrogen-bond acceptors (Lipinski definition) is 3. The summed E-state index contributed by atoms with van der Waals surface area (Å²) in [6.45, 7) is 8.08. The van der Waals surface area contributed by atoms with E-state index < -0.39 is 0 Å². The maximum atomic E-state index is 12.1. The van der Waals surface area contributed by atoms with Gasteiger partial charge in [-0.1, -0.05) is 0 Å². The molecule has 0 radical (unpaired) electrons. The molecule has 0 spiro atoms. The first-order valence-corrected chi connectivity index (χ1v) is 7.11. The van der Waals surface area contributed by atoms with Crippen LogP contribution in [0.15, 0.2) is 0 Å². The molecule has 1 amide bonds. The smallest absolute Gasteiger partial charge is 0.235 e. The number of hydrogen-bond donors (Lipinski definition) is 0. The first kappa shape index (κ1) is 12.2. The van der Waals surface area contributed by atoms with E-state index >= 15 is 0 Å². The molecule has 3 nitrogen and oxygen atoms in total. The van der Waals surface area contributed by atoms with Crippen LogP contribution in [0.4, 0.5) is 0 Å². The zero-order valence-electron chi connectivity index (χ0n) is 10.3. The van der Waals surface area contributed by atoms with Crippen molar-refractivity contribution < 1.29 is 9.53 Å². The molecule has 2 aliphatic heterocycles. The number of carbonyl (C=O) groups is 1. The second kappa shape index (κ2) is 4.96. The number of rotatable bonds is 3. The predicted octanol–water partition coefficient (Wildman–Crippen LogP) is 1.91. The lowest BCUT2D eigenvalue weighted by Gasteiger charge is -2.22. The van der Waals surface area contributed by atoms with Crippen molar-refractivity contribution in [3.8, 4) is 0 Å². The van der Waals surface area contributed by atoms with Crippen LogP contribution in [0.5, 0.6) is 0 Å². The van der Waals surface area contributed by atoms with Crippen molar-refractivity contribution in [3.63, 3.8) is 0 Å². The summed E-state index contributed by atoms with van der Waals surface area (Å²) >= 11 is 1.84. The van der Waals surface area contributed by atoms with E-state index in [-0.39, 0.29) is 5.25 Å². The highest BCUT2D eigenvalue weighted by Crippen LogP contribution is 2.34. The molecule has 2 rings (SSSR count). The number of amides is 1. The Kier molecular flexibility index (Phi) is 3.80. The van der Waals surface area contributed by atoms with E-state index in [0.29, 0.717) is 23.3 Å². The predicted molar refractivity (Wildman–Crippen MR) is 66.7 cm³/mol. The van der Waals surface area contributed by atoms with Gasteiger partial charge in [0.1, 0.15) is 0 Å². The maximum absolute atomic E-state index is 12.1. The molecule has 2 aliphatic rings. The van der Waals surface area contributed by atoms with Gasteiger partial charge >= 0.3 is 0 Å². The molecule has 2 fully saturated rings. The van der Waals surface area contributed by atoms with Crippen molar-refractivity contribution in [1.82, 2.24) is 4.90 Å². The Bertz CT molecular complexity index is 270. The zero-order valence-corrected chi connectivity index (χ0v) is 11.1. The van der Waals surface area contributed by atoms with Crippen LogP contribution in [0.2, 0.25) is 0 Å². The molecular weight excluding hydrogens is 222 g/mol.